The van der Waals surface area contributed by atoms with Crippen molar-refractivity contribution in [2.24, 2.45) is 0 Å². The van der Waals surface area contributed by atoms with Crippen molar-refractivity contribution in [1.29, 1.82) is 0 Å². The van der Waals surface area contributed by atoms with Crippen LogP contribution >= 0.6 is 0 Å². The van der Waals surface area contributed by atoms with E-state index in [1.807, 2.05) is 24.5 Å². The van der Waals surface area contributed by atoms with Crippen LogP contribution in [0.5, 0.6) is 0 Å². The molecule has 0 N–H and O–H groups in total. The second kappa shape index (κ2) is 8.01. The van der Waals surface area contributed by atoms with Crippen molar-refractivity contribution < 1.29 is 0 Å². The minimum Gasteiger partial charge on any atom is -0.309 e. The van der Waals surface area contributed by atoms with E-state index < -0.39 is 0 Å². The Kier molecular flexibility index (Phi) is 4.30. The topological polar surface area (TPSA) is 35.1 Å². The number of hydrogen-bond donors (Lipinski definition) is 0. The summed E-state index contributed by atoms with van der Waals surface area (Å²) in [4.78, 5) is 9.30. The zero-order chi connectivity index (χ0) is 26.2. The summed E-state index contributed by atoms with van der Waals surface area (Å²) in [5.41, 5.74) is 7.95. The fraction of sp³-hybridized carbons (Fsp3) is 0. The Hall–Kier alpha value is -5.48. The molecule has 5 aromatic heterocycles. The van der Waals surface area contributed by atoms with E-state index in [1.54, 1.807) is 0 Å². The SMILES string of the molecule is c1cc(-c2ccncc2)nc(-n2c3ccccc3c3c4cc5c6ccccc6c6ccccc6n5c4ccc32)c1. The lowest BCUT2D eigenvalue weighted by Gasteiger charge is -2.10. The van der Waals surface area contributed by atoms with Gasteiger partial charge < -0.3 is 4.40 Å². The Balaban J connectivity index is 1.43. The number of pyridine rings is 3. The predicted octanol–water partition coefficient (Wildman–Crippen LogP) is 8.95. The van der Waals surface area contributed by atoms with Crippen molar-refractivity contribution in [2.75, 3.05) is 0 Å². The summed E-state index contributed by atoms with van der Waals surface area (Å²) in [5.74, 6) is 0.902. The minimum absolute atomic E-state index is 0.902. The maximum Gasteiger partial charge on any atom is 0.138 e. The molecule has 0 aliphatic carbocycles. The third-order valence-electron chi connectivity index (χ3n) is 8.20. The van der Waals surface area contributed by atoms with E-state index in [4.69, 9.17) is 4.98 Å². The molecule has 0 spiro atoms. The van der Waals surface area contributed by atoms with Crippen LogP contribution in [0.1, 0.15) is 0 Å². The fourth-order valence-electron chi connectivity index (χ4n) is 6.52. The van der Waals surface area contributed by atoms with Crippen LogP contribution in [-0.2, 0) is 0 Å². The predicted molar refractivity (Wildman–Crippen MR) is 165 cm³/mol. The van der Waals surface area contributed by atoms with Crippen LogP contribution in [0.25, 0.3) is 77.0 Å². The molecule has 0 aliphatic heterocycles. The monoisotopic (exact) mass is 510 g/mol. The number of fused-ring (bicyclic) bond motifs is 12. The zero-order valence-corrected chi connectivity index (χ0v) is 21.5. The first-order valence-electron chi connectivity index (χ1n) is 13.5. The molecule has 0 atom stereocenters. The Morgan fingerprint density at radius 2 is 1.10 bits per heavy atom. The van der Waals surface area contributed by atoms with E-state index in [9.17, 15) is 0 Å². The van der Waals surface area contributed by atoms with Crippen LogP contribution in [0.2, 0.25) is 0 Å². The van der Waals surface area contributed by atoms with Gasteiger partial charge in [-0.3, -0.25) is 9.55 Å². The van der Waals surface area contributed by atoms with E-state index in [1.165, 1.54) is 48.9 Å². The summed E-state index contributed by atoms with van der Waals surface area (Å²) in [6.07, 6.45) is 3.62. The molecule has 0 amide bonds. The Morgan fingerprint density at radius 1 is 0.450 bits per heavy atom. The van der Waals surface area contributed by atoms with Gasteiger partial charge in [-0.15, -0.1) is 0 Å². The molecule has 0 radical (unpaired) electrons. The van der Waals surface area contributed by atoms with Crippen LogP contribution in [0.3, 0.4) is 0 Å². The van der Waals surface area contributed by atoms with E-state index >= 15 is 0 Å². The van der Waals surface area contributed by atoms with Gasteiger partial charge in [0, 0.05) is 44.9 Å². The van der Waals surface area contributed by atoms with Crippen LogP contribution in [0.15, 0.2) is 134 Å². The molecule has 0 aliphatic rings. The van der Waals surface area contributed by atoms with Crippen molar-refractivity contribution in [3.8, 4) is 17.1 Å². The van der Waals surface area contributed by atoms with Gasteiger partial charge in [-0.1, -0.05) is 66.7 Å². The van der Waals surface area contributed by atoms with E-state index in [0.29, 0.717) is 0 Å². The number of para-hydroxylation sites is 2. The molecule has 9 aromatic rings. The summed E-state index contributed by atoms with van der Waals surface area (Å²) < 4.78 is 4.73. The van der Waals surface area contributed by atoms with Gasteiger partial charge in [0.15, 0.2) is 0 Å². The van der Waals surface area contributed by atoms with Gasteiger partial charge in [0.1, 0.15) is 5.82 Å². The van der Waals surface area contributed by atoms with Crippen LogP contribution in [0.4, 0.5) is 0 Å². The van der Waals surface area contributed by atoms with Crippen molar-refractivity contribution >= 4 is 59.9 Å². The highest BCUT2D eigenvalue weighted by molar-refractivity contribution is 6.24. The van der Waals surface area contributed by atoms with E-state index in [0.717, 1.165) is 28.1 Å². The summed E-state index contributed by atoms with van der Waals surface area (Å²) >= 11 is 0. The first-order valence-corrected chi connectivity index (χ1v) is 13.5. The van der Waals surface area contributed by atoms with E-state index in [2.05, 4.69) is 123 Å². The molecule has 9 rings (SSSR count). The lowest BCUT2D eigenvalue weighted by Crippen LogP contribution is -1.98. The molecule has 4 heteroatoms. The highest BCUT2D eigenvalue weighted by Crippen LogP contribution is 2.40. The minimum atomic E-state index is 0.902. The smallest absolute Gasteiger partial charge is 0.138 e. The highest BCUT2D eigenvalue weighted by atomic mass is 15.1. The zero-order valence-electron chi connectivity index (χ0n) is 21.5. The lowest BCUT2D eigenvalue weighted by molar-refractivity contribution is 1.08. The molecule has 4 nitrogen and oxygen atoms in total. The van der Waals surface area contributed by atoms with Crippen LogP contribution in [0, 0.1) is 0 Å². The third kappa shape index (κ3) is 2.85. The number of nitrogens with zero attached hydrogens (tertiary/aromatic N) is 4. The summed E-state index contributed by atoms with van der Waals surface area (Å²) in [5, 5.41) is 7.54. The van der Waals surface area contributed by atoms with Crippen molar-refractivity contribution in [3.05, 3.63) is 134 Å². The maximum absolute atomic E-state index is 5.12. The average Bonchev–Trinajstić information content (AvgIpc) is 3.58. The largest absolute Gasteiger partial charge is 0.309 e. The van der Waals surface area contributed by atoms with Gasteiger partial charge in [0.2, 0.25) is 0 Å². The van der Waals surface area contributed by atoms with Gasteiger partial charge in [0.05, 0.1) is 33.3 Å². The summed E-state index contributed by atoms with van der Waals surface area (Å²) in [7, 11) is 0. The van der Waals surface area contributed by atoms with Crippen molar-refractivity contribution in [1.82, 2.24) is 18.9 Å². The summed E-state index contributed by atoms with van der Waals surface area (Å²) in [6.45, 7) is 0. The second-order valence-corrected chi connectivity index (χ2v) is 10.3. The third-order valence-corrected chi connectivity index (χ3v) is 8.20. The van der Waals surface area contributed by atoms with E-state index in [-0.39, 0.29) is 0 Å². The Labute approximate surface area is 229 Å². The van der Waals surface area contributed by atoms with Crippen molar-refractivity contribution in [2.45, 2.75) is 0 Å². The standard InChI is InChI=1S/C36H22N4/c1-2-10-26-24(8-1)25-9-3-5-13-30(25)39-32-16-17-33-36(28(32)22-34(26)39)27-11-4-6-14-31(27)40(33)35-15-7-12-29(38-35)23-18-20-37-21-19-23/h1-22H. The van der Waals surface area contributed by atoms with Gasteiger partial charge in [-0.25, -0.2) is 4.98 Å². The quantitative estimate of drug-likeness (QED) is 0.218. The second-order valence-electron chi connectivity index (χ2n) is 10.3. The first-order chi connectivity index (χ1) is 19.9. The molecule has 0 bridgehead atoms. The first kappa shape index (κ1) is 21.5. The molecule has 4 aromatic carbocycles. The number of rotatable bonds is 2. The van der Waals surface area contributed by atoms with Crippen LogP contribution < -0.4 is 0 Å². The summed E-state index contributed by atoms with van der Waals surface area (Å²) in [6, 6.07) is 43.3. The van der Waals surface area contributed by atoms with Gasteiger partial charge >= 0.3 is 0 Å². The number of aromatic nitrogens is 4. The normalized spacial score (nSPS) is 12.0. The molecule has 5 heterocycles. The highest BCUT2D eigenvalue weighted by Gasteiger charge is 2.19. The molecule has 0 saturated heterocycles. The van der Waals surface area contributed by atoms with Gasteiger partial charge in [-0.2, -0.15) is 0 Å². The lowest BCUT2D eigenvalue weighted by atomic mass is 10.0. The fourth-order valence-corrected chi connectivity index (χ4v) is 6.52. The van der Waals surface area contributed by atoms with Crippen LogP contribution in [-0.4, -0.2) is 18.9 Å². The molecule has 0 unspecified atom stereocenters. The molecular formula is C36H22N4. The molecule has 0 fully saturated rings. The Bertz CT molecular complexity index is 2430. The Morgan fingerprint density at radius 3 is 1.93 bits per heavy atom. The molecule has 0 saturated carbocycles. The van der Waals surface area contributed by atoms with Gasteiger partial charge in [0.25, 0.3) is 0 Å². The van der Waals surface area contributed by atoms with Crippen molar-refractivity contribution in [3.63, 3.8) is 0 Å². The van der Waals surface area contributed by atoms with Gasteiger partial charge in [-0.05, 0) is 60.0 Å². The number of hydrogen-bond acceptors (Lipinski definition) is 2. The molecule has 186 valence electrons. The number of benzene rings is 4. The maximum atomic E-state index is 5.12. The molecule has 40 heavy (non-hydrogen) atoms. The molecular weight excluding hydrogens is 488 g/mol. The average molecular weight is 511 g/mol.